The molecule has 0 bridgehead atoms. The van der Waals surface area contributed by atoms with Gasteiger partial charge in [0, 0.05) is 38.2 Å². The van der Waals surface area contributed by atoms with Crippen LogP contribution in [-0.2, 0) is 0 Å². The molecule has 0 saturated carbocycles. The van der Waals surface area contributed by atoms with Gasteiger partial charge in [-0.2, -0.15) is 9.97 Å². The molecule has 0 radical (unpaired) electrons. The van der Waals surface area contributed by atoms with Gasteiger partial charge in [0.25, 0.3) is 0 Å². The number of pyridine rings is 2. The molecule has 0 aliphatic carbocycles. The fraction of sp³-hybridized carbons (Fsp3) is 0. The number of hydrogen-bond donors (Lipinski definition) is 0. The van der Waals surface area contributed by atoms with Crippen molar-refractivity contribution in [1.82, 2.24) is 39.0 Å². The Bertz CT molecular complexity index is 4230. The molecule has 5 aromatic heterocycles. The van der Waals surface area contributed by atoms with Gasteiger partial charge in [-0.15, -0.1) is 0 Å². The van der Waals surface area contributed by atoms with Crippen LogP contribution in [0.15, 0.2) is 218 Å². The summed E-state index contributed by atoms with van der Waals surface area (Å²) >= 11 is 0. The summed E-state index contributed by atoms with van der Waals surface area (Å²) in [6, 6.07) is 76.0. The van der Waals surface area contributed by atoms with Gasteiger partial charge in [0.15, 0.2) is 11.6 Å². The van der Waals surface area contributed by atoms with E-state index in [-0.39, 0.29) is 0 Å². The van der Waals surface area contributed by atoms with Crippen LogP contribution in [-0.4, -0.2) is 39.0 Å². The van der Waals surface area contributed by atoms with Crippen LogP contribution < -0.4 is 0 Å². The molecule has 0 aliphatic heterocycles. The average Bonchev–Trinajstić information content (AvgIpc) is 3.97. The van der Waals surface area contributed by atoms with Gasteiger partial charge in [-0.25, -0.2) is 19.9 Å². The van der Waals surface area contributed by atoms with Gasteiger partial charge in [-0.1, -0.05) is 158 Å². The van der Waals surface area contributed by atoms with Crippen LogP contribution in [0.1, 0.15) is 0 Å². The Morgan fingerprint density at radius 3 is 1.59 bits per heavy atom. The van der Waals surface area contributed by atoms with E-state index in [4.69, 9.17) is 29.9 Å². The van der Waals surface area contributed by atoms with E-state index in [9.17, 15) is 0 Å². The molecule has 14 aromatic rings. The highest BCUT2D eigenvalue weighted by molar-refractivity contribution is 6.27. The second-order valence-corrected chi connectivity index (χ2v) is 17.1. The Morgan fingerprint density at radius 2 is 0.882 bits per heavy atom. The van der Waals surface area contributed by atoms with Gasteiger partial charge in [-0.05, 0) is 87.9 Å². The number of aromatic nitrogens is 8. The molecule has 0 spiro atoms. The maximum Gasteiger partial charge on any atom is 0.238 e. The Hall–Kier alpha value is -9.40. The van der Waals surface area contributed by atoms with Crippen LogP contribution in [0.2, 0.25) is 0 Å². The van der Waals surface area contributed by atoms with Crippen LogP contribution in [0.3, 0.4) is 0 Å². The summed E-state index contributed by atoms with van der Waals surface area (Å²) in [5.74, 6) is 2.30. The van der Waals surface area contributed by atoms with Crippen LogP contribution in [0.4, 0.5) is 0 Å². The van der Waals surface area contributed by atoms with E-state index in [2.05, 4.69) is 167 Å². The first-order valence-corrected chi connectivity index (χ1v) is 22.7. The topological polar surface area (TPSA) is 87.2 Å². The van der Waals surface area contributed by atoms with Crippen molar-refractivity contribution in [3.8, 4) is 57.2 Å². The molecule has 0 fully saturated rings. The predicted molar refractivity (Wildman–Crippen MR) is 276 cm³/mol. The fourth-order valence-corrected chi connectivity index (χ4v) is 10.0. The molecule has 0 saturated heterocycles. The molecule has 68 heavy (non-hydrogen) atoms. The first-order valence-electron chi connectivity index (χ1n) is 22.7. The molecule has 0 unspecified atom stereocenters. The minimum absolute atomic E-state index is 0.461. The number of imidazole rings is 1. The van der Waals surface area contributed by atoms with Crippen molar-refractivity contribution in [3.05, 3.63) is 218 Å². The maximum absolute atomic E-state index is 5.33. The fourth-order valence-electron chi connectivity index (χ4n) is 10.0. The lowest BCUT2D eigenvalue weighted by Gasteiger charge is -2.14. The zero-order chi connectivity index (χ0) is 44.7. The lowest BCUT2D eigenvalue weighted by molar-refractivity contribution is 0.947. The first kappa shape index (κ1) is 37.9. The van der Waals surface area contributed by atoms with Crippen LogP contribution in [0.5, 0.6) is 0 Å². The molecule has 316 valence electrons. The van der Waals surface area contributed by atoms with Gasteiger partial charge in [0.2, 0.25) is 5.95 Å². The SMILES string of the molecule is c1ccc(-n2c(-c3ccc(-c4cc5c6c7ccccc7ccc6n(-c6nc(-c7ccc8ccccc8n7)nc(-c7ccc8ccccc8n7)n6)c5c5ccccc45)cc3)nc3ccccc32)cc1. The molecule has 0 amide bonds. The summed E-state index contributed by atoms with van der Waals surface area (Å²) < 4.78 is 4.47. The molecule has 9 aromatic carbocycles. The second kappa shape index (κ2) is 15.1. The third-order valence-electron chi connectivity index (χ3n) is 13.2. The van der Waals surface area contributed by atoms with E-state index in [1.54, 1.807) is 0 Å². The number of nitrogens with zero attached hydrogens (tertiary/aromatic N) is 8. The summed E-state index contributed by atoms with van der Waals surface area (Å²) in [6.07, 6.45) is 0. The molecular formula is C60H36N8. The number of rotatable bonds is 6. The van der Waals surface area contributed by atoms with E-state index >= 15 is 0 Å². The monoisotopic (exact) mass is 868 g/mol. The molecule has 14 rings (SSSR count). The number of fused-ring (bicyclic) bond motifs is 10. The average molecular weight is 869 g/mol. The number of hydrogen-bond acceptors (Lipinski definition) is 6. The van der Waals surface area contributed by atoms with Gasteiger partial charge in [0.05, 0.1) is 33.1 Å². The molecule has 8 nitrogen and oxygen atoms in total. The highest BCUT2D eigenvalue weighted by Crippen LogP contribution is 2.44. The summed E-state index contributed by atoms with van der Waals surface area (Å²) in [6.45, 7) is 0. The van der Waals surface area contributed by atoms with Crippen LogP contribution in [0.25, 0.3) is 133 Å². The van der Waals surface area contributed by atoms with Crippen molar-refractivity contribution in [2.45, 2.75) is 0 Å². The summed E-state index contributed by atoms with van der Waals surface area (Å²) in [4.78, 5) is 31.1. The maximum atomic E-state index is 5.33. The second-order valence-electron chi connectivity index (χ2n) is 17.1. The first-order chi connectivity index (χ1) is 33.7. The minimum atomic E-state index is 0.461. The summed E-state index contributed by atoms with van der Waals surface area (Å²) in [7, 11) is 0. The highest BCUT2D eigenvalue weighted by Gasteiger charge is 2.24. The minimum Gasteiger partial charge on any atom is -0.292 e. The van der Waals surface area contributed by atoms with Gasteiger partial charge in [-0.3, -0.25) is 9.13 Å². The third kappa shape index (κ3) is 6.01. The zero-order valence-corrected chi connectivity index (χ0v) is 36.4. The van der Waals surface area contributed by atoms with Crippen molar-refractivity contribution >= 4 is 76.2 Å². The van der Waals surface area contributed by atoms with Gasteiger partial charge >= 0.3 is 0 Å². The number of benzene rings is 9. The van der Waals surface area contributed by atoms with Crippen molar-refractivity contribution in [1.29, 1.82) is 0 Å². The van der Waals surface area contributed by atoms with Crippen molar-refractivity contribution in [2.75, 3.05) is 0 Å². The van der Waals surface area contributed by atoms with E-state index < -0.39 is 0 Å². The summed E-state index contributed by atoms with van der Waals surface area (Å²) in [5.41, 5.74) is 11.4. The van der Waals surface area contributed by atoms with Crippen molar-refractivity contribution in [2.24, 2.45) is 0 Å². The van der Waals surface area contributed by atoms with E-state index in [0.29, 0.717) is 29.0 Å². The predicted octanol–water partition coefficient (Wildman–Crippen LogP) is 14.4. The normalized spacial score (nSPS) is 11.8. The third-order valence-corrected chi connectivity index (χ3v) is 13.2. The van der Waals surface area contributed by atoms with E-state index in [1.165, 1.54) is 0 Å². The zero-order valence-electron chi connectivity index (χ0n) is 36.4. The van der Waals surface area contributed by atoms with E-state index in [1.807, 2.05) is 60.7 Å². The molecule has 8 heteroatoms. The van der Waals surface area contributed by atoms with E-state index in [0.717, 1.165) is 104 Å². The Kier molecular flexibility index (Phi) is 8.41. The molecule has 5 heterocycles. The quantitative estimate of drug-likeness (QED) is 0.165. The summed E-state index contributed by atoms with van der Waals surface area (Å²) in [5, 5.41) is 8.78. The number of para-hydroxylation sites is 5. The van der Waals surface area contributed by atoms with Gasteiger partial charge in [0.1, 0.15) is 17.2 Å². The smallest absolute Gasteiger partial charge is 0.238 e. The largest absolute Gasteiger partial charge is 0.292 e. The van der Waals surface area contributed by atoms with Crippen LogP contribution in [0, 0.1) is 0 Å². The Morgan fingerprint density at radius 1 is 0.324 bits per heavy atom. The lowest BCUT2D eigenvalue weighted by Crippen LogP contribution is -2.07. The lowest BCUT2D eigenvalue weighted by atomic mass is 9.94. The molecule has 0 atom stereocenters. The van der Waals surface area contributed by atoms with Gasteiger partial charge < -0.3 is 0 Å². The molecule has 0 N–H and O–H groups in total. The molecule has 0 aliphatic rings. The van der Waals surface area contributed by atoms with Crippen molar-refractivity contribution < 1.29 is 0 Å². The Balaban J connectivity index is 1.02. The Labute approximate surface area is 389 Å². The standard InChI is InChI=1S/C60H36N8/c1-2-17-42(18-3-1)67-53-25-13-12-24-50(53)63-59(67)41-28-26-38(27-29-41)46-36-47-55-43-19-7-4-14-37(43)32-35-54(55)68(56(47)45-21-9-8-20-44(45)46)60-65-57(51-33-30-39-15-5-10-22-48(39)61-51)64-58(66-60)52-34-31-40-16-6-11-23-49(40)62-52/h1-36H. The molecular weight excluding hydrogens is 833 g/mol. The van der Waals surface area contributed by atoms with Crippen molar-refractivity contribution in [3.63, 3.8) is 0 Å². The highest BCUT2D eigenvalue weighted by atomic mass is 15.2. The van der Waals surface area contributed by atoms with Crippen LogP contribution >= 0.6 is 0 Å².